The van der Waals surface area contributed by atoms with Crippen molar-refractivity contribution in [3.63, 3.8) is 0 Å². The first kappa shape index (κ1) is 16.5. The van der Waals surface area contributed by atoms with E-state index in [-0.39, 0.29) is 12.6 Å². The maximum atomic E-state index is 11.0. The molecule has 0 radical (unpaired) electrons. The Morgan fingerprint density at radius 1 is 1.40 bits per heavy atom. The van der Waals surface area contributed by atoms with E-state index in [1.54, 1.807) is 14.2 Å². The number of aliphatic carboxylic acids is 1. The van der Waals surface area contributed by atoms with E-state index in [0.29, 0.717) is 13.2 Å². The molecule has 112 valence electrons. The van der Waals surface area contributed by atoms with Crippen LogP contribution in [0.5, 0.6) is 5.75 Å². The molecule has 0 aromatic heterocycles. The van der Waals surface area contributed by atoms with Gasteiger partial charge < -0.3 is 14.6 Å². The Morgan fingerprint density at radius 2 is 2.10 bits per heavy atom. The molecule has 0 saturated carbocycles. The van der Waals surface area contributed by atoms with Crippen LogP contribution in [0.2, 0.25) is 0 Å². The van der Waals surface area contributed by atoms with Gasteiger partial charge in [-0.05, 0) is 19.9 Å². The first-order valence-corrected chi connectivity index (χ1v) is 6.59. The summed E-state index contributed by atoms with van der Waals surface area (Å²) in [6.45, 7) is 5.01. The summed E-state index contributed by atoms with van der Waals surface area (Å²) in [4.78, 5) is 12.9. The molecule has 1 rings (SSSR count). The summed E-state index contributed by atoms with van der Waals surface area (Å²) in [5.41, 5.74) is 2.11. The Labute approximate surface area is 120 Å². The summed E-state index contributed by atoms with van der Waals surface area (Å²) < 4.78 is 10.4. The predicted octanol–water partition coefficient (Wildman–Crippen LogP) is 2.10. The van der Waals surface area contributed by atoms with Crippen LogP contribution in [0.25, 0.3) is 0 Å². The average Bonchev–Trinajstić information content (AvgIpc) is 2.42. The quantitative estimate of drug-likeness (QED) is 0.790. The number of benzene rings is 1. The third-order valence-electron chi connectivity index (χ3n) is 3.30. The number of nitrogens with zero attached hydrogens (tertiary/aromatic N) is 1. The monoisotopic (exact) mass is 281 g/mol. The fourth-order valence-electron chi connectivity index (χ4n) is 2.17. The second-order valence-corrected chi connectivity index (χ2v) is 4.78. The van der Waals surface area contributed by atoms with Crippen LogP contribution in [0.1, 0.15) is 24.1 Å². The molecule has 20 heavy (non-hydrogen) atoms. The minimum absolute atomic E-state index is 0.0262. The first-order chi connectivity index (χ1) is 9.49. The van der Waals surface area contributed by atoms with Gasteiger partial charge in [0.1, 0.15) is 5.75 Å². The zero-order chi connectivity index (χ0) is 15.1. The van der Waals surface area contributed by atoms with E-state index >= 15 is 0 Å². The van der Waals surface area contributed by atoms with Crippen LogP contribution in [0.4, 0.5) is 0 Å². The predicted molar refractivity (Wildman–Crippen MR) is 77.2 cm³/mol. The highest BCUT2D eigenvalue weighted by Crippen LogP contribution is 2.29. The lowest BCUT2D eigenvalue weighted by Crippen LogP contribution is -2.35. The van der Waals surface area contributed by atoms with Crippen LogP contribution in [-0.2, 0) is 9.53 Å². The number of carboxylic acid groups (broad SMARTS) is 1. The summed E-state index contributed by atoms with van der Waals surface area (Å²) >= 11 is 0. The van der Waals surface area contributed by atoms with Gasteiger partial charge in [-0.25, -0.2) is 0 Å². The number of ether oxygens (including phenoxy) is 2. The molecule has 0 bridgehead atoms. The van der Waals surface area contributed by atoms with Crippen molar-refractivity contribution in [2.45, 2.75) is 19.9 Å². The van der Waals surface area contributed by atoms with Crippen molar-refractivity contribution in [2.75, 3.05) is 33.9 Å². The molecule has 0 amide bonds. The SMILES string of the molecule is COCCN(CC(=O)O)C(C)c1cc(C)ccc1OC. The van der Waals surface area contributed by atoms with Crippen molar-refractivity contribution in [2.24, 2.45) is 0 Å². The minimum atomic E-state index is -0.848. The van der Waals surface area contributed by atoms with E-state index in [1.165, 1.54) is 0 Å². The number of methoxy groups -OCH3 is 2. The highest BCUT2D eigenvalue weighted by Gasteiger charge is 2.21. The molecule has 1 N–H and O–H groups in total. The molecule has 0 aliphatic carbocycles. The Hall–Kier alpha value is -1.59. The van der Waals surface area contributed by atoms with E-state index in [0.717, 1.165) is 16.9 Å². The molecule has 5 heteroatoms. The molecule has 0 aliphatic rings. The van der Waals surface area contributed by atoms with Crippen LogP contribution >= 0.6 is 0 Å². The molecular weight excluding hydrogens is 258 g/mol. The molecular formula is C15H23NO4. The summed E-state index contributed by atoms with van der Waals surface area (Å²) in [5, 5.41) is 9.05. The lowest BCUT2D eigenvalue weighted by molar-refractivity contribution is -0.139. The summed E-state index contributed by atoms with van der Waals surface area (Å²) in [6, 6.07) is 5.86. The van der Waals surface area contributed by atoms with Crippen molar-refractivity contribution >= 4 is 5.97 Å². The number of hydrogen-bond acceptors (Lipinski definition) is 4. The van der Waals surface area contributed by atoms with Crippen LogP contribution in [0.3, 0.4) is 0 Å². The fourth-order valence-corrected chi connectivity index (χ4v) is 2.17. The number of carboxylic acids is 1. The minimum Gasteiger partial charge on any atom is -0.496 e. The summed E-state index contributed by atoms with van der Waals surface area (Å²) in [7, 11) is 3.23. The van der Waals surface area contributed by atoms with Crippen LogP contribution in [0.15, 0.2) is 18.2 Å². The van der Waals surface area contributed by atoms with E-state index in [1.807, 2.05) is 36.9 Å². The molecule has 0 fully saturated rings. The Kier molecular flexibility index (Phi) is 6.48. The lowest BCUT2D eigenvalue weighted by atomic mass is 10.0. The lowest BCUT2D eigenvalue weighted by Gasteiger charge is -2.28. The first-order valence-electron chi connectivity index (χ1n) is 6.59. The third kappa shape index (κ3) is 4.51. The number of aryl methyl sites for hydroxylation is 1. The highest BCUT2D eigenvalue weighted by atomic mass is 16.5. The molecule has 1 atom stereocenters. The van der Waals surface area contributed by atoms with E-state index in [2.05, 4.69) is 0 Å². The largest absolute Gasteiger partial charge is 0.496 e. The van der Waals surface area contributed by atoms with E-state index in [4.69, 9.17) is 14.6 Å². The zero-order valence-electron chi connectivity index (χ0n) is 12.5. The van der Waals surface area contributed by atoms with Gasteiger partial charge in [0.15, 0.2) is 0 Å². The molecule has 0 spiro atoms. The van der Waals surface area contributed by atoms with Crippen molar-refractivity contribution in [1.82, 2.24) is 4.90 Å². The summed E-state index contributed by atoms with van der Waals surface area (Å²) in [6.07, 6.45) is 0. The van der Waals surface area contributed by atoms with Gasteiger partial charge in [-0.2, -0.15) is 0 Å². The molecule has 1 aromatic carbocycles. The smallest absolute Gasteiger partial charge is 0.317 e. The van der Waals surface area contributed by atoms with Gasteiger partial charge in [0.2, 0.25) is 0 Å². The van der Waals surface area contributed by atoms with Crippen molar-refractivity contribution in [3.8, 4) is 5.75 Å². The second kappa shape index (κ2) is 7.87. The topological polar surface area (TPSA) is 59.0 Å². The van der Waals surface area contributed by atoms with Gasteiger partial charge in [0.05, 0.1) is 20.3 Å². The van der Waals surface area contributed by atoms with E-state index < -0.39 is 5.97 Å². The molecule has 0 heterocycles. The van der Waals surface area contributed by atoms with E-state index in [9.17, 15) is 4.79 Å². The Balaban J connectivity index is 3.00. The normalized spacial score (nSPS) is 12.4. The maximum Gasteiger partial charge on any atom is 0.317 e. The number of rotatable bonds is 8. The number of carbonyl (C=O) groups is 1. The molecule has 1 unspecified atom stereocenters. The Bertz CT molecular complexity index is 447. The average molecular weight is 281 g/mol. The Morgan fingerprint density at radius 3 is 2.65 bits per heavy atom. The van der Waals surface area contributed by atoms with Gasteiger partial charge in [-0.15, -0.1) is 0 Å². The zero-order valence-corrected chi connectivity index (χ0v) is 12.5. The van der Waals surface area contributed by atoms with Crippen LogP contribution in [-0.4, -0.2) is 49.9 Å². The van der Waals surface area contributed by atoms with Gasteiger partial charge in [-0.3, -0.25) is 9.69 Å². The standard InChI is InChI=1S/C15H23NO4/c1-11-5-6-14(20-4)13(9-11)12(2)16(7-8-19-3)10-15(17)18/h5-6,9,12H,7-8,10H2,1-4H3,(H,17,18). The maximum absolute atomic E-state index is 11.0. The van der Waals surface area contributed by atoms with Gasteiger partial charge in [0, 0.05) is 25.3 Å². The fraction of sp³-hybridized carbons (Fsp3) is 0.533. The van der Waals surface area contributed by atoms with Gasteiger partial charge >= 0.3 is 5.97 Å². The summed E-state index contributed by atoms with van der Waals surface area (Å²) in [5.74, 6) is -0.0736. The molecule has 1 aromatic rings. The van der Waals surface area contributed by atoms with Crippen LogP contribution < -0.4 is 4.74 Å². The third-order valence-corrected chi connectivity index (χ3v) is 3.30. The molecule has 0 aliphatic heterocycles. The second-order valence-electron chi connectivity index (χ2n) is 4.78. The van der Waals surface area contributed by atoms with Crippen molar-refractivity contribution < 1.29 is 19.4 Å². The van der Waals surface area contributed by atoms with Crippen LogP contribution in [0, 0.1) is 6.92 Å². The number of hydrogen-bond donors (Lipinski definition) is 1. The molecule has 5 nitrogen and oxygen atoms in total. The van der Waals surface area contributed by atoms with Crippen molar-refractivity contribution in [1.29, 1.82) is 0 Å². The highest BCUT2D eigenvalue weighted by molar-refractivity contribution is 5.69. The van der Waals surface area contributed by atoms with Crippen molar-refractivity contribution in [3.05, 3.63) is 29.3 Å². The molecule has 0 saturated heterocycles. The van der Waals surface area contributed by atoms with Gasteiger partial charge in [0.25, 0.3) is 0 Å². The van der Waals surface area contributed by atoms with Gasteiger partial charge in [-0.1, -0.05) is 17.7 Å².